The first-order chi connectivity index (χ1) is 7.97. The van der Waals surface area contributed by atoms with E-state index in [0.717, 1.165) is 24.7 Å². The molecular weight excluding hydrogens is 278 g/mol. The van der Waals surface area contributed by atoms with Gasteiger partial charge in [0.15, 0.2) is 0 Å². The summed E-state index contributed by atoms with van der Waals surface area (Å²) in [6.45, 7) is 7.73. The first kappa shape index (κ1) is 13.4. The maximum Gasteiger partial charge on any atom is 0.226 e. The lowest BCUT2D eigenvalue weighted by atomic mass is 9.81. The lowest BCUT2D eigenvalue weighted by Crippen LogP contribution is -2.44. The molecule has 3 heteroatoms. The third-order valence-corrected chi connectivity index (χ3v) is 5.54. The Bertz CT molecular complexity index is 303. The topological polar surface area (TPSA) is 20.3 Å². The van der Waals surface area contributed by atoms with Gasteiger partial charge < -0.3 is 4.90 Å². The first-order valence-electron chi connectivity index (χ1n) is 6.84. The average Bonchev–Trinajstić information content (AvgIpc) is 2.80. The van der Waals surface area contributed by atoms with Gasteiger partial charge in [-0.25, -0.2) is 0 Å². The fraction of sp³-hybridized carbons (Fsp3) is 0.929. The molecule has 98 valence electrons. The van der Waals surface area contributed by atoms with E-state index in [2.05, 4.69) is 41.6 Å². The fourth-order valence-electron chi connectivity index (χ4n) is 3.50. The van der Waals surface area contributed by atoms with Gasteiger partial charge in [-0.05, 0) is 30.6 Å². The highest BCUT2D eigenvalue weighted by Gasteiger charge is 2.44. The van der Waals surface area contributed by atoms with Crippen molar-refractivity contribution in [2.24, 2.45) is 17.3 Å². The summed E-state index contributed by atoms with van der Waals surface area (Å²) < 4.78 is 0. The predicted octanol–water partition coefficient (Wildman–Crippen LogP) is 3.44. The van der Waals surface area contributed by atoms with E-state index in [0.29, 0.717) is 17.9 Å². The van der Waals surface area contributed by atoms with Crippen molar-refractivity contribution in [1.82, 2.24) is 4.90 Å². The van der Waals surface area contributed by atoms with E-state index in [-0.39, 0.29) is 11.3 Å². The summed E-state index contributed by atoms with van der Waals surface area (Å²) in [5, 5.41) is 0.924. The minimum Gasteiger partial charge on any atom is -0.338 e. The SMILES string of the molecule is CC1CCN(C(=O)C2CCCC2(C)C)C1CBr. The Morgan fingerprint density at radius 1 is 1.41 bits per heavy atom. The van der Waals surface area contributed by atoms with E-state index in [1.807, 2.05) is 0 Å². The second-order valence-electron chi connectivity index (χ2n) is 6.45. The molecule has 2 rings (SSSR count). The summed E-state index contributed by atoms with van der Waals surface area (Å²) in [5.74, 6) is 1.32. The zero-order chi connectivity index (χ0) is 12.6. The number of amides is 1. The summed E-state index contributed by atoms with van der Waals surface area (Å²) in [7, 11) is 0. The van der Waals surface area contributed by atoms with Crippen molar-refractivity contribution >= 4 is 21.8 Å². The number of rotatable bonds is 2. The molecule has 1 heterocycles. The van der Waals surface area contributed by atoms with E-state index in [9.17, 15) is 4.79 Å². The molecule has 0 aromatic rings. The average molecular weight is 302 g/mol. The maximum absolute atomic E-state index is 12.7. The molecule has 0 bridgehead atoms. The molecule has 2 aliphatic rings. The summed E-state index contributed by atoms with van der Waals surface area (Å²) in [5.41, 5.74) is 0.208. The number of hydrogen-bond acceptors (Lipinski definition) is 1. The third-order valence-electron chi connectivity index (χ3n) is 4.88. The van der Waals surface area contributed by atoms with Gasteiger partial charge in [0.1, 0.15) is 0 Å². The summed E-state index contributed by atoms with van der Waals surface area (Å²) in [6.07, 6.45) is 4.67. The zero-order valence-electron chi connectivity index (χ0n) is 11.2. The molecule has 0 spiro atoms. The lowest BCUT2D eigenvalue weighted by molar-refractivity contribution is -0.139. The maximum atomic E-state index is 12.7. The smallest absolute Gasteiger partial charge is 0.226 e. The minimum absolute atomic E-state index is 0.208. The van der Waals surface area contributed by atoms with E-state index < -0.39 is 0 Å². The van der Waals surface area contributed by atoms with Gasteiger partial charge in [-0.3, -0.25) is 4.79 Å². The Morgan fingerprint density at radius 2 is 2.12 bits per heavy atom. The van der Waals surface area contributed by atoms with Gasteiger partial charge in [0.2, 0.25) is 5.91 Å². The molecular formula is C14H24BrNO. The molecule has 0 aromatic heterocycles. The monoisotopic (exact) mass is 301 g/mol. The molecule has 17 heavy (non-hydrogen) atoms. The van der Waals surface area contributed by atoms with Gasteiger partial charge in [-0.2, -0.15) is 0 Å². The van der Waals surface area contributed by atoms with Crippen LogP contribution in [0.3, 0.4) is 0 Å². The Morgan fingerprint density at radius 3 is 2.65 bits per heavy atom. The summed E-state index contributed by atoms with van der Waals surface area (Å²) in [6, 6.07) is 0.416. The molecule has 3 unspecified atom stereocenters. The highest BCUT2D eigenvalue weighted by molar-refractivity contribution is 9.09. The Kier molecular flexibility index (Phi) is 3.86. The van der Waals surface area contributed by atoms with Crippen LogP contribution >= 0.6 is 15.9 Å². The van der Waals surface area contributed by atoms with E-state index in [4.69, 9.17) is 0 Å². The third kappa shape index (κ3) is 2.40. The van der Waals surface area contributed by atoms with Crippen LogP contribution in [0.4, 0.5) is 0 Å². The highest BCUT2D eigenvalue weighted by atomic mass is 79.9. The lowest BCUT2D eigenvalue weighted by Gasteiger charge is -2.33. The van der Waals surface area contributed by atoms with Crippen LogP contribution in [0.15, 0.2) is 0 Å². The second-order valence-corrected chi connectivity index (χ2v) is 7.10. The van der Waals surface area contributed by atoms with E-state index in [1.54, 1.807) is 0 Å². The molecule has 1 saturated carbocycles. The standard InChI is InChI=1S/C14H24BrNO/c1-10-6-8-16(12(10)9-15)13(17)11-5-4-7-14(11,2)3/h10-12H,4-9H2,1-3H3. The van der Waals surface area contributed by atoms with Crippen molar-refractivity contribution < 1.29 is 4.79 Å². The van der Waals surface area contributed by atoms with Crippen molar-refractivity contribution in [3.63, 3.8) is 0 Å². The number of likely N-dealkylation sites (tertiary alicyclic amines) is 1. The van der Waals surface area contributed by atoms with Crippen molar-refractivity contribution in [2.75, 3.05) is 11.9 Å². The van der Waals surface area contributed by atoms with Gasteiger partial charge >= 0.3 is 0 Å². The first-order valence-corrected chi connectivity index (χ1v) is 7.96. The minimum atomic E-state index is 0.208. The van der Waals surface area contributed by atoms with Crippen LogP contribution in [0.25, 0.3) is 0 Å². The van der Waals surface area contributed by atoms with Crippen LogP contribution in [-0.4, -0.2) is 28.7 Å². The molecule has 1 amide bonds. The Labute approximate surface area is 113 Å². The van der Waals surface area contributed by atoms with Crippen LogP contribution in [0.2, 0.25) is 0 Å². The van der Waals surface area contributed by atoms with Crippen molar-refractivity contribution in [1.29, 1.82) is 0 Å². The summed E-state index contributed by atoms with van der Waals surface area (Å²) >= 11 is 3.57. The zero-order valence-corrected chi connectivity index (χ0v) is 12.8. The number of carbonyl (C=O) groups is 1. The number of alkyl halides is 1. The van der Waals surface area contributed by atoms with Crippen molar-refractivity contribution in [3.05, 3.63) is 0 Å². The molecule has 1 saturated heterocycles. The van der Waals surface area contributed by atoms with Gasteiger partial charge in [0.25, 0.3) is 0 Å². The van der Waals surface area contributed by atoms with Gasteiger partial charge in [-0.15, -0.1) is 0 Å². The van der Waals surface area contributed by atoms with Crippen LogP contribution in [-0.2, 0) is 4.79 Å². The summed E-state index contributed by atoms with van der Waals surface area (Å²) in [4.78, 5) is 14.8. The quantitative estimate of drug-likeness (QED) is 0.716. The van der Waals surface area contributed by atoms with Gasteiger partial charge in [-0.1, -0.05) is 43.1 Å². The normalized spacial score (nSPS) is 36.5. The van der Waals surface area contributed by atoms with E-state index in [1.165, 1.54) is 12.8 Å². The second kappa shape index (κ2) is 4.91. The van der Waals surface area contributed by atoms with Crippen LogP contribution in [0.1, 0.15) is 46.5 Å². The van der Waals surface area contributed by atoms with Crippen molar-refractivity contribution in [3.8, 4) is 0 Å². The largest absolute Gasteiger partial charge is 0.338 e. The Balaban J connectivity index is 2.10. The fourth-order valence-corrected chi connectivity index (χ4v) is 4.49. The van der Waals surface area contributed by atoms with Crippen LogP contribution < -0.4 is 0 Å². The van der Waals surface area contributed by atoms with Gasteiger partial charge in [0.05, 0.1) is 0 Å². The van der Waals surface area contributed by atoms with Gasteiger partial charge in [0, 0.05) is 23.8 Å². The molecule has 0 radical (unpaired) electrons. The molecule has 2 fully saturated rings. The molecule has 1 aliphatic heterocycles. The van der Waals surface area contributed by atoms with Crippen LogP contribution in [0.5, 0.6) is 0 Å². The number of nitrogens with zero attached hydrogens (tertiary/aromatic N) is 1. The predicted molar refractivity (Wildman–Crippen MR) is 74.2 cm³/mol. The van der Waals surface area contributed by atoms with E-state index >= 15 is 0 Å². The molecule has 2 nitrogen and oxygen atoms in total. The molecule has 1 aliphatic carbocycles. The number of halogens is 1. The van der Waals surface area contributed by atoms with Crippen LogP contribution in [0, 0.1) is 17.3 Å². The van der Waals surface area contributed by atoms with Crippen molar-refractivity contribution in [2.45, 2.75) is 52.5 Å². The molecule has 3 atom stereocenters. The molecule has 0 aromatic carbocycles. The highest BCUT2D eigenvalue weighted by Crippen LogP contribution is 2.44. The number of carbonyl (C=O) groups excluding carboxylic acids is 1. The molecule has 0 N–H and O–H groups in total. The number of hydrogen-bond donors (Lipinski definition) is 0. The Hall–Kier alpha value is -0.0500.